The summed E-state index contributed by atoms with van der Waals surface area (Å²) < 4.78 is 0. The van der Waals surface area contributed by atoms with Crippen LogP contribution in [0.15, 0.2) is 18.2 Å². The van der Waals surface area contributed by atoms with Crippen LogP contribution in [0.2, 0.25) is 0 Å². The standard InChI is InChI=1S/C7H8N2OS/c8-7(10)6-3-1-2-5(4-11)9-6/h1-3,11H,4H2,(H2,8,10). The van der Waals surface area contributed by atoms with Gasteiger partial charge in [0.05, 0.1) is 5.69 Å². The summed E-state index contributed by atoms with van der Waals surface area (Å²) in [5, 5.41) is 0. The molecule has 1 aromatic heterocycles. The van der Waals surface area contributed by atoms with Gasteiger partial charge >= 0.3 is 0 Å². The van der Waals surface area contributed by atoms with Gasteiger partial charge in [-0.05, 0) is 12.1 Å². The number of carbonyl (C=O) groups excluding carboxylic acids is 1. The molecule has 0 spiro atoms. The van der Waals surface area contributed by atoms with Crippen molar-refractivity contribution in [2.75, 3.05) is 0 Å². The zero-order chi connectivity index (χ0) is 8.27. The number of pyridine rings is 1. The first kappa shape index (κ1) is 8.07. The van der Waals surface area contributed by atoms with Crippen molar-refractivity contribution in [1.82, 2.24) is 4.98 Å². The molecule has 1 amide bonds. The number of thiol groups is 1. The van der Waals surface area contributed by atoms with Crippen molar-refractivity contribution in [2.45, 2.75) is 5.75 Å². The Balaban J connectivity index is 3.01. The SMILES string of the molecule is NC(=O)c1cccc(CS)n1. The van der Waals surface area contributed by atoms with Crippen molar-refractivity contribution in [1.29, 1.82) is 0 Å². The van der Waals surface area contributed by atoms with E-state index in [1.807, 2.05) is 0 Å². The molecule has 3 nitrogen and oxygen atoms in total. The van der Waals surface area contributed by atoms with Crippen molar-refractivity contribution in [3.63, 3.8) is 0 Å². The Hall–Kier alpha value is -1.03. The molecule has 0 aliphatic carbocycles. The smallest absolute Gasteiger partial charge is 0.267 e. The number of amides is 1. The molecule has 0 saturated carbocycles. The quantitative estimate of drug-likeness (QED) is 0.636. The number of carbonyl (C=O) groups is 1. The Bertz CT molecular complexity index is 275. The van der Waals surface area contributed by atoms with Crippen LogP contribution in [0, 0.1) is 0 Å². The molecule has 4 heteroatoms. The summed E-state index contributed by atoms with van der Waals surface area (Å²) in [5.41, 5.74) is 6.05. The maximum atomic E-state index is 10.6. The molecule has 58 valence electrons. The monoisotopic (exact) mass is 168 g/mol. The third-order valence-electron chi connectivity index (χ3n) is 1.22. The molecule has 0 bridgehead atoms. The molecule has 11 heavy (non-hydrogen) atoms. The fourth-order valence-electron chi connectivity index (χ4n) is 0.705. The Morgan fingerprint density at radius 2 is 2.36 bits per heavy atom. The highest BCUT2D eigenvalue weighted by Gasteiger charge is 2.00. The lowest BCUT2D eigenvalue weighted by Gasteiger charge is -1.96. The molecular weight excluding hydrogens is 160 g/mol. The van der Waals surface area contributed by atoms with E-state index >= 15 is 0 Å². The van der Waals surface area contributed by atoms with Gasteiger partial charge in [-0.2, -0.15) is 12.6 Å². The lowest BCUT2D eigenvalue weighted by atomic mass is 10.3. The predicted molar refractivity (Wildman–Crippen MR) is 45.4 cm³/mol. The maximum absolute atomic E-state index is 10.6. The lowest BCUT2D eigenvalue weighted by molar-refractivity contribution is 0.0995. The van der Waals surface area contributed by atoms with E-state index in [-0.39, 0.29) is 5.69 Å². The molecule has 1 rings (SSSR count). The molecule has 0 fully saturated rings. The van der Waals surface area contributed by atoms with Crippen LogP contribution in [0.25, 0.3) is 0 Å². The minimum Gasteiger partial charge on any atom is -0.364 e. The molecule has 0 aliphatic rings. The fraction of sp³-hybridized carbons (Fsp3) is 0.143. The zero-order valence-electron chi connectivity index (χ0n) is 5.82. The van der Waals surface area contributed by atoms with Gasteiger partial charge < -0.3 is 5.73 Å². The topological polar surface area (TPSA) is 56.0 Å². The number of nitrogens with two attached hydrogens (primary N) is 1. The van der Waals surface area contributed by atoms with Gasteiger partial charge in [0.15, 0.2) is 0 Å². The minimum absolute atomic E-state index is 0.288. The Morgan fingerprint density at radius 3 is 2.91 bits per heavy atom. The van der Waals surface area contributed by atoms with Crippen LogP contribution in [0.4, 0.5) is 0 Å². The third kappa shape index (κ3) is 1.94. The van der Waals surface area contributed by atoms with Gasteiger partial charge in [-0.1, -0.05) is 6.07 Å². The summed E-state index contributed by atoms with van der Waals surface area (Å²) in [6.45, 7) is 0. The summed E-state index contributed by atoms with van der Waals surface area (Å²) >= 11 is 4.01. The van der Waals surface area contributed by atoms with Crippen LogP contribution in [0.1, 0.15) is 16.2 Å². The van der Waals surface area contributed by atoms with Crippen LogP contribution in [-0.4, -0.2) is 10.9 Å². The van der Waals surface area contributed by atoms with Crippen LogP contribution in [0.3, 0.4) is 0 Å². The van der Waals surface area contributed by atoms with E-state index in [9.17, 15) is 4.79 Å². The van der Waals surface area contributed by atoms with E-state index < -0.39 is 5.91 Å². The Kier molecular flexibility index (Phi) is 2.48. The highest BCUT2D eigenvalue weighted by Crippen LogP contribution is 2.00. The molecule has 0 saturated heterocycles. The minimum atomic E-state index is -0.506. The second-order valence-electron chi connectivity index (χ2n) is 2.04. The summed E-state index contributed by atoms with van der Waals surface area (Å²) in [6, 6.07) is 5.10. The first-order valence-corrected chi connectivity index (χ1v) is 3.74. The van der Waals surface area contributed by atoms with Crippen molar-refractivity contribution in [3.05, 3.63) is 29.6 Å². The summed E-state index contributed by atoms with van der Waals surface area (Å²) in [6.07, 6.45) is 0. The van der Waals surface area contributed by atoms with Crippen LogP contribution in [-0.2, 0) is 5.75 Å². The maximum Gasteiger partial charge on any atom is 0.267 e. The van der Waals surface area contributed by atoms with Crippen molar-refractivity contribution >= 4 is 18.5 Å². The van der Waals surface area contributed by atoms with Gasteiger partial charge in [0.2, 0.25) is 0 Å². The average molecular weight is 168 g/mol. The normalized spacial score (nSPS) is 9.55. The zero-order valence-corrected chi connectivity index (χ0v) is 6.71. The summed E-state index contributed by atoms with van der Waals surface area (Å²) in [7, 11) is 0. The van der Waals surface area contributed by atoms with Crippen molar-refractivity contribution < 1.29 is 4.79 Å². The van der Waals surface area contributed by atoms with Crippen LogP contribution in [0.5, 0.6) is 0 Å². The number of rotatable bonds is 2. The molecule has 0 aliphatic heterocycles. The number of hydrogen-bond donors (Lipinski definition) is 2. The van der Waals surface area contributed by atoms with E-state index in [0.29, 0.717) is 5.75 Å². The van der Waals surface area contributed by atoms with E-state index in [2.05, 4.69) is 17.6 Å². The van der Waals surface area contributed by atoms with Crippen LogP contribution < -0.4 is 5.73 Å². The Morgan fingerprint density at radius 1 is 1.64 bits per heavy atom. The number of nitrogens with zero attached hydrogens (tertiary/aromatic N) is 1. The number of primary amides is 1. The first-order valence-electron chi connectivity index (χ1n) is 3.10. The molecular formula is C7H8N2OS. The summed E-state index contributed by atoms with van der Waals surface area (Å²) in [5.74, 6) is 0.00910. The van der Waals surface area contributed by atoms with E-state index in [0.717, 1.165) is 5.69 Å². The largest absolute Gasteiger partial charge is 0.364 e. The predicted octanol–water partition coefficient (Wildman–Crippen LogP) is 0.610. The summed E-state index contributed by atoms with van der Waals surface area (Å²) in [4.78, 5) is 14.5. The highest BCUT2D eigenvalue weighted by molar-refractivity contribution is 7.79. The molecule has 0 atom stereocenters. The van der Waals surface area contributed by atoms with E-state index in [1.165, 1.54) is 0 Å². The van der Waals surface area contributed by atoms with Gasteiger partial charge in [0.25, 0.3) is 5.91 Å². The van der Waals surface area contributed by atoms with Gasteiger partial charge in [0.1, 0.15) is 5.69 Å². The van der Waals surface area contributed by atoms with Gasteiger partial charge in [-0.25, -0.2) is 4.98 Å². The van der Waals surface area contributed by atoms with Crippen molar-refractivity contribution in [3.8, 4) is 0 Å². The molecule has 0 radical (unpaired) electrons. The average Bonchev–Trinajstić information content (AvgIpc) is 2.05. The number of aromatic nitrogens is 1. The molecule has 0 unspecified atom stereocenters. The van der Waals surface area contributed by atoms with Gasteiger partial charge in [-0.15, -0.1) is 0 Å². The molecule has 0 aromatic carbocycles. The van der Waals surface area contributed by atoms with Crippen LogP contribution >= 0.6 is 12.6 Å². The van der Waals surface area contributed by atoms with E-state index in [4.69, 9.17) is 5.73 Å². The van der Waals surface area contributed by atoms with Crippen molar-refractivity contribution in [2.24, 2.45) is 5.73 Å². The molecule has 1 heterocycles. The second-order valence-corrected chi connectivity index (χ2v) is 2.35. The van der Waals surface area contributed by atoms with Gasteiger partial charge in [-0.3, -0.25) is 4.79 Å². The first-order chi connectivity index (χ1) is 5.24. The second kappa shape index (κ2) is 3.39. The highest BCUT2D eigenvalue weighted by atomic mass is 32.1. The third-order valence-corrected chi connectivity index (χ3v) is 1.55. The number of hydrogen-bond acceptors (Lipinski definition) is 3. The Labute approximate surface area is 70.0 Å². The fourth-order valence-corrected chi connectivity index (χ4v) is 0.881. The lowest BCUT2D eigenvalue weighted by Crippen LogP contribution is -2.13. The van der Waals surface area contributed by atoms with E-state index in [1.54, 1.807) is 18.2 Å². The molecule has 1 aromatic rings. The van der Waals surface area contributed by atoms with Gasteiger partial charge in [0, 0.05) is 5.75 Å². The molecule has 2 N–H and O–H groups in total.